The van der Waals surface area contributed by atoms with E-state index in [-0.39, 0.29) is 22.3 Å². The molecule has 0 aromatic carbocycles. The van der Waals surface area contributed by atoms with E-state index >= 15 is 0 Å². The van der Waals surface area contributed by atoms with Gasteiger partial charge in [-0.05, 0) is 123 Å². The number of fused-ring (bicyclic) bond motifs is 1. The molecule has 0 amide bonds. The molecule has 0 bridgehead atoms. The smallest absolute Gasteiger partial charge is 0.192 e. The maximum atomic E-state index is 7.06. The van der Waals surface area contributed by atoms with Crippen LogP contribution in [0.2, 0.25) is 36.3 Å². The molecule has 3 aliphatic carbocycles. The molecule has 0 aromatic rings. The van der Waals surface area contributed by atoms with Crippen molar-refractivity contribution in [1.29, 1.82) is 0 Å². The third kappa shape index (κ3) is 8.20. The quantitative estimate of drug-likeness (QED) is 0.205. The van der Waals surface area contributed by atoms with Crippen molar-refractivity contribution in [2.45, 2.75) is 162 Å². The molecule has 41 heavy (non-hydrogen) atoms. The van der Waals surface area contributed by atoms with E-state index in [0.29, 0.717) is 11.3 Å². The van der Waals surface area contributed by atoms with E-state index in [1.54, 1.807) is 5.57 Å². The average molecular weight is 597 g/mol. The first-order valence-electron chi connectivity index (χ1n) is 16.7. The Morgan fingerprint density at radius 2 is 1.51 bits per heavy atom. The standard InChI is InChI=1S/C37H64O2Si2/c1-14-15-16-18-28(2)33-22-23-34-30(19-17-24-37(33,34)9)21-20-29-25-31(38-40(10,11)35(3,4)5)27-32(26-29)39-41(12,13)36(6,7)8/h1,15-16,20-21,28,31-34H,17-19,22-27H2,2-13H3/b16-15+,30-21+/t28-,31-,32-,33-,34+,37-/m1/s1. The first-order chi connectivity index (χ1) is 18.8. The lowest BCUT2D eigenvalue weighted by atomic mass is 9.61. The van der Waals surface area contributed by atoms with Crippen LogP contribution in [0, 0.1) is 35.5 Å². The first kappa shape index (κ1) is 34.6. The summed E-state index contributed by atoms with van der Waals surface area (Å²) < 4.78 is 14.1. The number of hydrogen-bond donors (Lipinski definition) is 0. The summed E-state index contributed by atoms with van der Waals surface area (Å²) in [5.41, 5.74) is 3.65. The fourth-order valence-electron chi connectivity index (χ4n) is 7.58. The molecule has 0 N–H and O–H groups in total. The molecule has 0 aromatic heterocycles. The van der Waals surface area contributed by atoms with Crippen LogP contribution < -0.4 is 0 Å². The largest absolute Gasteiger partial charge is 0.414 e. The van der Waals surface area contributed by atoms with Gasteiger partial charge in [-0.1, -0.05) is 90.7 Å². The van der Waals surface area contributed by atoms with Crippen LogP contribution in [0.1, 0.15) is 113 Å². The second-order valence-electron chi connectivity index (χ2n) is 17.1. The van der Waals surface area contributed by atoms with E-state index in [4.69, 9.17) is 15.3 Å². The molecule has 2 nitrogen and oxygen atoms in total. The number of rotatable bonds is 8. The molecule has 3 fully saturated rings. The summed E-state index contributed by atoms with van der Waals surface area (Å²) in [5, 5.41) is 0.427. The highest BCUT2D eigenvalue weighted by Gasteiger charge is 2.50. The van der Waals surface area contributed by atoms with Gasteiger partial charge in [0.1, 0.15) is 0 Å². The van der Waals surface area contributed by atoms with Crippen molar-refractivity contribution in [2.24, 2.45) is 23.2 Å². The van der Waals surface area contributed by atoms with Gasteiger partial charge in [-0.2, -0.15) is 0 Å². The molecule has 6 atom stereocenters. The van der Waals surface area contributed by atoms with E-state index in [1.807, 2.05) is 6.08 Å². The van der Waals surface area contributed by atoms with Crippen LogP contribution in [-0.4, -0.2) is 28.8 Å². The Labute approximate surface area is 257 Å². The maximum Gasteiger partial charge on any atom is 0.192 e. The van der Waals surface area contributed by atoms with Crippen LogP contribution in [0.4, 0.5) is 0 Å². The van der Waals surface area contributed by atoms with Gasteiger partial charge in [0.15, 0.2) is 16.6 Å². The van der Waals surface area contributed by atoms with E-state index in [1.165, 1.54) is 37.7 Å². The lowest BCUT2D eigenvalue weighted by molar-refractivity contribution is 0.0725. The molecule has 0 aliphatic heterocycles. The minimum Gasteiger partial charge on any atom is -0.414 e. The average Bonchev–Trinajstić information content (AvgIpc) is 3.18. The number of hydrogen-bond acceptors (Lipinski definition) is 2. The SMILES string of the molecule is C#C/C=C/C[C@@H](C)[C@H]1CC[C@H]2/C(=C/C=C3C[C@@H](O[Si](C)(C)C(C)(C)C)C[C@H](O[Si](C)(C)C(C)(C)C)C3)CCC[C@]12C. The summed E-state index contributed by atoms with van der Waals surface area (Å²) in [6.45, 7) is 28.8. The molecule has 3 saturated carbocycles. The van der Waals surface area contributed by atoms with Crippen molar-refractivity contribution in [3.63, 3.8) is 0 Å². The summed E-state index contributed by atoms with van der Waals surface area (Å²) in [6.07, 6.45) is 26.0. The van der Waals surface area contributed by atoms with Crippen LogP contribution >= 0.6 is 0 Å². The Balaban J connectivity index is 1.84. The molecule has 0 heterocycles. The highest BCUT2D eigenvalue weighted by Crippen LogP contribution is 2.60. The van der Waals surface area contributed by atoms with E-state index in [9.17, 15) is 0 Å². The minimum absolute atomic E-state index is 0.214. The van der Waals surface area contributed by atoms with Crippen LogP contribution in [0.5, 0.6) is 0 Å². The summed E-state index contributed by atoms with van der Waals surface area (Å²) in [5.74, 6) is 4.86. The molecule has 0 spiro atoms. The molecular weight excluding hydrogens is 533 g/mol. The van der Waals surface area contributed by atoms with Crippen molar-refractivity contribution < 1.29 is 8.85 Å². The zero-order valence-electron chi connectivity index (χ0n) is 29.0. The van der Waals surface area contributed by atoms with Crippen LogP contribution in [0.3, 0.4) is 0 Å². The lowest BCUT2D eigenvalue weighted by Crippen LogP contribution is -2.48. The van der Waals surface area contributed by atoms with Crippen molar-refractivity contribution in [2.75, 3.05) is 0 Å². The van der Waals surface area contributed by atoms with Gasteiger partial charge in [-0.3, -0.25) is 0 Å². The van der Waals surface area contributed by atoms with E-state index in [0.717, 1.165) is 37.5 Å². The fraction of sp³-hybridized carbons (Fsp3) is 0.784. The fourth-order valence-corrected chi connectivity index (χ4v) is 10.3. The molecule has 0 saturated heterocycles. The molecule has 4 heteroatoms. The Hall–Kier alpha value is -0.866. The van der Waals surface area contributed by atoms with Crippen LogP contribution in [0.25, 0.3) is 0 Å². The summed E-state index contributed by atoms with van der Waals surface area (Å²) >= 11 is 0. The second-order valence-corrected chi connectivity index (χ2v) is 26.6. The predicted molar refractivity (Wildman–Crippen MR) is 184 cm³/mol. The Morgan fingerprint density at radius 3 is 2.02 bits per heavy atom. The zero-order valence-corrected chi connectivity index (χ0v) is 31.0. The zero-order chi connectivity index (χ0) is 30.9. The lowest BCUT2D eigenvalue weighted by Gasteiger charge is -2.45. The van der Waals surface area contributed by atoms with Gasteiger partial charge in [0, 0.05) is 0 Å². The van der Waals surface area contributed by atoms with Crippen molar-refractivity contribution in [1.82, 2.24) is 0 Å². The Morgan fingerprint density at radius 1 is 0.951 bits per heavy atom. The van der Waals surface area contributed by atoms with Crippen molar-refractivity contribution >= 4 is 16.6 Å². The number of terminal acetylenes is 1. The highest BCUT2D eigenvalue weighted by molar-refractivity contribution is 6.74. The summed E-state index contributed by atoms with van der Waals surface area (Å²) in [7, 11) is -3.73. The Bertz CT molecular complexity index is 991. The van der Waals surface area contributed by atoms with E-state index in [2.05, 4.69) is 106 Å². The third-order valence-electron chi connectivity index (χ3n) is 12.0. The van der Waals surface area contributed by atoms with Gasteiger partial charge in [0.25, 0.3) is 0 Å². The minimum atomic E-state index is -1.86. The van der Waals surface area contributed by atoms with Gasteiger partial charge < -0.3 is 8.85 Å². The first-order valence-corrected chi connectivity index (χ1v) is 22.5. The molecule has 0 unspecified atom stereocenters. The van der Waals surface area contributed by atoms with Gasteiger partial charge in [-0.15, -0.1) is 6.42 Å². The van der Waals surface area contributed by atoms with E-state index < -0.39 is 16.6 Å². The van der Waals surface area contributed by atoms with Gasteiger partial charge >= 0.3 is 0 Å². The maximum absolute atomic E-state index is 7.06. The second kappa shape index (κ2) is 13.0. The predicted octanol–water partition coefficient (Wildman–Crippen LogP) is 11.2. The normalized spacial score (nSPS) is 31.8. The van der Waals surface area contributed by atoms with Crippen LogP contribution in [-0.2, 0) is 8.85 Å². The molecular formula is C37H64O2Si2. The molecule has 232 valence electrons. The number of allylic oxidation sites excluding steroid dienone is 5. The molecule has 3 rings (SSSR count). The van der Waals surface area contributed by atoms with Crippen molar-refractivity contribution in [3.05, 3.63) is 35.5 Å². The monoisotopic (exact) mass is 596 g/mol. The summed E-state index contributed by atoms with van der Waals surface area (Å²) in [4.78, 5) is 0. The molecule has 3 aliphatic rings. The Kier molecular flexibility index (Phi) is 11.0. The molecule has 0 radical (unpaired) electrons. The van der Waals surface area contributed by atoms with Crippen LogP contribution in [0.15, 0.2) is 35.5 Å². The van der Waals surface area contributed by atoms with Crippen molar-refractivity contribution in [3.8, 4) is 12.3 Å². The highest BCUT2D eigenvalue weighted by atomic mass is 28.4. The topological polar surface area (TPSA) is 18.5 Å². The van der Waals surface area contributed by atoms with Gasteiger partial charge in [-0.25, -0.2) is 0 Å². The van der Waals surface area contributed by atoms with Gasteiger partial charge in [0.2, 0.25) is 0 Å². The van der Waals surface area contributed by atoms with Gasteiger partial charge in [0.05, 0.1) is 12.2 Å². The summed E-state index contributed by atoms with van der Waals surface area (Å²) in [6, 6.07) is 0. The third-order valence-corrected chi connectivity index (χ3v) is 21.1.